The molecule has 23 heavy (non-hydrogen) atoms. The molecular weight excluding hydrogens is 294 g/mol. The van der Waals surface area contributed by atoms with Crippen LogP contribution in [-0.4, -0.2) is 13.7 Å². The van der Waals surface area contributed by atoms with E-state index in [9.17, 15) is 14.4 Å². The van der Waals surface area contributed by atoms with Crippen LogP contribution >= 0.6 is 0 Å². The Balaban J connectivity index is 2.49. The van der Waals surface area contributed by atoms with Crippen molar-refractivity contribution in [2.24, 2.45) is 0 Å². The minimum Gasteiger partial charge on any atom is -0.247 e. The molecule has 1 heterocycles. The Morgan fingerprint density at radius 1 is 0.652 bits per heavy atom. The summed E-state index contributed by atoms with van der Waals surface area (Å²) in [4.78, 5) is 37.7. The van der Waals surface area contributed by atoms with Gasteiger partial charge in [0.15, 0.2) is 0 Å². The zero-order valence-electron chi connectivity index (χ0n) is 12.1. The summed E-state index contributed by atoms with van der Waals surface area (Å²) in [7, 11) is 0. The van der Waals surface area contributed by atoms with Crippen LogP contribution < -0.4 is 17.1 Å². The number of rotatable bonds is 3. The molecule has 0 aliphatic rings. The molecule has 0 fully saturated rings. The van der Waals surface area contributed by atoms with Crippen molar-refractivity contribution >= 4 is 6.20 Å². The number of hydrogen-bond acceptors (Lipinski definition) is 3. The molecule has 0 atom stereocenters. The standard InChI is InChI=1S/C17H13N3O3/c1-2-18-15(21)19(13-9-5-3-6-10-13)17(23)20(16(18)22)14-11-7-4-8-12-14/h2-12H,1H2. The van der Waals surface area contributed by atoms with Crippen LogP contribution in [0.25, 0.3) is 17.6 Å². The lowest BCUT2D eigenvalue weighted by Crippen LogP contribution is -2.51. The topological polar surface area (TPSA) is 66.0 Å². The lowest BCUT2D eigenvalue weighted by atomic mass is 10.3. The zero-order chi connectivity index (χ0) is 16.4. The molecule has 0 saturated carbocycles. The van der Waals surface area contributed by atoms with Crippen molar-refractivity contribution in [3.05, 3.63) is 98.7 Å². The second kappa shape index (κ2) is 5.76. The highest BCUT2D eigenvalue weighted by atomic mass is 16.2. The van der Waals surface area contributed by atoms with Crippen LogP contribution in [0, 0.1) is 0 Å². The molecule has 0 bridgehead atoms. The SMILES string of the molecule is C=Cn1c(=O)n(-c2ccccc2)c(=O)n(-c2ccccc2)c1=O. The lowest BCUT2D eigenvalue weighted by molar-refractivity contribution is 0.675. The van der Waals surface area contributed by atoms with Gasteiger partial charge in [-0.2, -0.15) is 0 Å². The van der Waals surface area contributed by atoms with Gasteiger partial charge in [0.25, 0.3) is 0 Å². The Bertz CT molecular complexity index is 951. The predicted molar refractivity (Wildman–Crippen MR) is 88.3 cm³/mol. The number of benzene rings is 2. The van der Waals surface area contributed by atoms with E-state index in [2.05, 4.69) is 6.58 Å². The van der Waals surface area contributed by atoms with Gasteiger partial charge in [0.2, 0.25) is 0 Å². The fraction of sp³-hybridized carbons (Fsp3) is 0. The van der Waals surface area contributed by atoms with Crippen LogP contribution in [-0.2, 0) is 0 Å². The average molecular weight is 307 g/mol. The van der Waals surface area contributed by atoms with Crippen molar-refractivity contribution in [1.82, 2.24) is 13.7 Å². The van der Waals surface area contributed by atoms with Gasteiger partial charge in [0.1, 0.15) is 0 Å². The summed E-state index contributed by atoms with van der Waals surface area (Å²) in [6.07, 6.45) is 1.10. The van der Waals surface area contributed by atoms with Gasteiger partial charge in [-0.15, -0.1) is 0 Å². The summed E-state index contributed by atoms with van der Waals surface area (Å²) in [5, 5.41) is 0. The van der Waals surface area contributed by atoms with E-state index >= 15 is 0 Å². The van der Waals surface area contributed by atoms with Crippen molar-refractivity contribution in [2.45, 2.75) is 0 Å². The van der Waals surface area contributed by atoms with Gasteiger partial charge in [-0.3, -0.25) is 0 Å². The first-order valence-electron chi connectivity index (χ1n) is 6.89. The first-order valence-corrected chi connectivity index (χ1v) is 6.89. The van der Waals surface area contributed by atoms with Gasteiger partial charge in [-0.1, -0.05) is 43.0 Å². The van der Waals surface area contributed by atoms with E-state index in [4.69, 9.17) is 0 Å². The van der Waals surface area contributed by atoms with Gasteiger partial charge in [0, 0.05) is 6.20 Å². The molecule has 0 saturated heterocycles. The molecule has 1 aromatic heterocycles. The summed E-state index contributed by atoms with van der Waals surface area (Å²) in [6, 6.07) is 16.9. The molecule has 0 radical (unpaired) electrons. The fourth-order valence-electron chi connectivity index (χ4n) is 2.31. The molecule has 0 amide bonds. The molecule has 0 unspecified atom stereocenters. The molecule has 2 aromatic carbocycles. The maximum absolute atomic E-state index is 12.8. The number of nitrogens with zero attached hydrogens (tertiary/aromatic N) is 3. The normalized spacial score (nSPS) is 10.4. The lowest BCUT2D eigenvalue weighted by Gasteiger charge is -2.11. The van der Waals surface area contributed by atoms with E-state index in [0.717, 1.165) is 19.9 Å². The van der Waals surface area contributed by atoms with Gasteiger partial charge in [-0.25, -0.2) is 28.1 Å². The summed E-state index contributed by atoms with van der Waals surface area (Å²) in [6.45, 7) is 3.49. The van der Waals surface area contributed by atoms with E-state index < -0.39 is 17.1 Å². The third-order valence-electron chi connectivity index (χ3n) is 3.39. The Hall–Kier alpha value is -3.41. The largest absolute Gasteiger partial charge is 0.345 e. The van der Waals surface area contributed by atoms with Crippen LogP contribution in [0.15, 0.2) is 81.6 Å². The quantitative estimate of drug-likeness (QED) is 0.731. The molecule has 6 heteroatoms. The van der Waals surface area contributed by atoms with Gasteiger partial charge in [-0.05, 0) is 24.3 Å². The smallest absolute Gasteiger partial charge is 0.247 e. The van der Waals surface area contributed by atoms with Crippen LogP contribution in [0.3, 0.4) is 0 Å². The van der Waals surface area contributed by atoms with Crippen molar-refractivity contribution < 1.29 is 0 Å². The van der Waals surface area contributed by atoms with E-state index in [-0.39, 0.29) is 0 Å². The molecule has 3 rings (SSSR count). The minimum absolute atomic E-state index is 0.378. The van der Waals surface area contributed by atoms with Crippen molar-refractivity contribution in [3.8, 4) is 11.4 Å². The molecule has 3 aromatic rings. The predicted octanol–water partition coefficient (Wildman–Crippen LogP) is 1.25. The molecule has 0 N–H and O–H groups in total. The third kappa shape index (κ3) is 2.36. The second-order valence-electron chi connectivity index (χ2n) is 4.74. The summed E-state index contributed by atoms with van der Waals surface area (Å²) < 4.78 is 2.69. The average Bonchev–Trinajstić information content (AvgIpc) is 2.57. The van der Waals surface area contributed by atoms with Crippen molar-refractivity contribution in [2.75, 3.05) is 0 Å². The summed E-state index contributed by atoms with van der Waals surface area (Å²) in [5.74, 6) is 0. The van der Waals surface area contributed by atoms with Crippen molar-refractivity contribution in [3.63, 3.8) is 0 Å². The summed E-state index contributed by atoms with van der Waals surface area (Å²) in [5.41, 5.74) is -1.48. The second-order valence-corrected chi connectivity index (χ2v) is 4.74. The highest BCUT2D eigenvalue weighted by Gasteiger charge is 2.16. The first kappa shape index (κ1) is 14.5. The molecule has 0 spiro atoms. The minimum atomic E-state index is -0.756. The molecular formula is C17H13N3O3. The molecule has 6 nitrogen and oxygen atoms in total. The van der Waals surface area contributed by atoms with Crippen LogP contribution in [0.4, 0.5) is 0 Å². The molecule has 114 valence electrons. The van der Waals surface area contributed by atoms with E-state index in [0.29, 0.717) is 11.4 Å². The first-order chi connectivity index (χ1) is 11.1. The van der Waals surface area contributed by atoms with E-state index in [1.807, 2.05) is 0 Å². The molecule has 0 aliphatic heterocycles. The van der Waals surface area contributed by atoms with Crippen molar-refractivity contribution in [1.29, 1.82) is 0 Å². The number of aromatic nitrogens is 3. The Morgan fingerprint density at radius 3 is 1.39 bits per heavy atom. The van der Waals surface area contributed by atoms with E-state index in [1.165, 1.54) is 0 Å². The monoisotopic (exact) mass is 307 g/mol. The van der Waals surface area contributed by atoms with Crippen LogP contribution in [0.5, 0.6) is 0 Å². The Kier molecular flexibility index (Phi) is 3.64. The van der Waals surface area contributed by atoms with E-state index in [1.54, 1.807) is 60.7 Å². The van der Waals surface area contributed by atoms with Crippen LogP contribution in [0.2, 0.25) is 0 Å². The highest BCUT2D eigenvalue weighted by molar-refractivity contribution is 5.35. The van der Waals surface area contributed by atoms with Crippen LogP contribution in [0.1, 0.15) is 0 Å². The zero-order valence-corrected chi connectivity index (χ0v) is 12.1. The third-order valence-corrected chi connectivity index (χ3v) is 3.39. The van der Waals surface area contributed by atoms with Gasteiger partial charge < -0.3 is 0 Å². The van der Waals surface area contributed by atoms with Gasteiger partial charge in [0.05, 0.1) is 11.4 Å². The maximum atomic E-state index is 12.8. The fourth-order valence-corrected chi connectivity index (χ4v) is 2.31. The maximum Gasteiger partial charge on any atom is 0.345 e. The Morgan fingerprint density at radius 2 is 1.04 bits per heavy atom. The molecule has 0 aliphatic carbocycles. The number of para-hydroxylation sites is 2. The number of hydrogen-bond donors (Lipinski definition) is 0. The Labute approximate surface area is 130 Å². The van der Waals surface area contributed by atoms with Gasteiger partial charge >= 0.3 is 17.1 Å². The highest BCUT2D eigenvalue weighted by Crippen LogP contribution is 2.03. The summed E-state index contributed by atoms with van der Waals surface area (Å²) >= 11 is 0.